The Hall–Kier alpha value is -1.31. The third kappa shape index (κ3) is 4.17. The molecule has 1 rings (SSSR count). The normalized spacial score (nSPS) is 12.2. The molecule has 0 radical (unpaired) electrons. The van der Waals surface area contributed by atoms with Crippen molar-refractivity contribution < 1.29 is 9.84 Å². The number of hydrogen-bond acceptors (Lipinski definition) is 6. The Balaban J connectivity index is 2.85. The van der Waals surface area contributed by atoms with Crippen molar-refractivity contribution in [2.24, 2.45) is 5.73 Å². The SMILES string of the molecule is COCC(O)CN(C)c1nc(C)cc(C(N)=S)n1. The molecule has 0 spiro atoms. The molecule has 1 aromatic heterocycles. The topological polar surface area (TPSA) is 84.5 Å². The van der Waals surface area contributed by atoms with Crippen LogP contribution >= 0.6 is 12.2 Å². The van der Waals surface area contributed by atoms with Gasteiger partial charge in [0.1, 0.15) is 10.7 Å². The van der Waals surface area contributed by atoms with Gasteiger partial charge in [0, 0.05) is 26.4 Å². The van der Waals surface area contributed by atoms with Crippen LogP contribution in [0.25, 0.3) is 0 Å². The number of nitrogens with zero attached hydrogens (tertiary/aromatic N) is 3. The summed E-state index contributed by atoms with van der Waals surface area (Å²) in [5.41, 5.74) is 6.86. The zero-order chi connectivity index (χ0) is 13.7. The van der Waals surface area contributed by atoms with Crippen molar-refractivity contribution in [2.45, 2.75) is 13.0 Å². The first kappa shape index (κ1) is 14.7. The van der Waals surface area contributed by atoms with E-state index in [0.29, 0.717) is 18.2 Å². The molecule has 0 aromatic carbocycles. The number of methoxy groups -OCH3 is 1. The van der Waals surface area contributed by atoms with Crippen LogP contribution < -0.4 is 10.6 Å². The van der Waals surface area contributed by atoms with Crippen molar-refractivity contribution in [2.75, 3.05) is 32.2 Å². The van der Waals surface area contributed by atoms with E-state index in [1.54, 1.807) is 18.0 Å². The second kappa shape index (κ2) is 6.58. The van der Waals surface area contributed by atoms with E-state index in [1.165, 1.54) is 7.11 Å². The lowest BCUT2D eigenvalue weighted by Crippen LogP contribution is -2.33. The Morgan fingerprint density at radius 3 is 2.83 bits per heavy atom. The van der Waals surface area contributed by atoms with E-state index in [4.69, 9.17) is 22.7 Å². The van der Waals surface area contributed by atoms with Gasteiger partial charge < -0.3 is 20.5 Å². The molecular formula is C11H18N4O2S. The number of hydrogen-bond donors (Lipinski definition) is 2. The zero-order valence-electron chi connectivity index (χ0n) is 10.8. The van der Waals surface area contributed by atoms with Crippen LogP contribution in [0.15, 0.2) is 6.07 Å². The Kier molecular flexibility index (Phi) is 5.39. The van der Waals surface area contributed by atoms with E-state index in [2.05, 4.69) is 9.97 Å². The quantitative estimate of drug-likeness (QED) is 0.696. The fraction of sp³-hybridized carbons (Fsp3) is 0.545. The van der Waals surface area contributed by atoms with Gasteiger partial charge in [0.25, 0.3) is 0 Å². The highest BCUT2D eigenvalue weighted by Crippen LogP contribution is 2.09. The maximum absolute atomic E-state index is 9.66. The molecule has 3 N–H and O–H groups in total. The number of aliphatic hydroxyl groups is 1. The van der Waals surface area contributed by atoms with Gasteiger partial charge in [0.2, 0.25) is 5.95 Å². The number of aliphatic hydroxyl groups excluding tert-OH is 1. The van der Waals surface area contributed by atoms with E-state index in [1.807, 2.05) is 6.92 Å². The summed E-state index contributed by atoms with van der Waals surface area (Å²) in [6.07, 6.45) is -0.600. The number of aromatic nitrogens is 2. The summed E-state index contributed by atoms with van der Waals surface area (Å²) in [7, 11) is 3.33. The number of likely N-dealkylation sites (N-methyl/N-ethyl adjacent to an activating group) is 1. The van der Waals surface area contributed by atoms with Gasteiger partial charge in [-0.25, -0.2) is 9.97 Å². The molecule has 0 aliphatic heterocycles. The number of aryl methyl sites for hydroxylation is 1. The van der Waals surface area contributed by atoms with Crippen LogP contribution in [0.3, 0.4) is 0 Å². The molecule has 0 saturated carbocycles. The maximum atomic E-state index is 9.66. The van der Waals surface area contributed by atoms with E-state index in [9.17, 15) is 5.11 Å². The van der Waals surface area contributed by atoms with Crippen LogP contribution in [0, 0.1) is 6.92 Å². The Labute approximate surface area is 112 Å². The minimum absolute atomic E-state index is 0.229. The van der Waals surface area contributed by atoms with Crippen molar-refractivity contribution in [1.82, 2.24) is 9.97 Å². The molecule has 18 heavy (non-hydrogen) atoms. The molecule has 1 heterocycles. The summed E-state index contributed by atoms with van der Waals surface area (Å²) < 4.78 is 4.87. The smallest absolute Gasteiger partial charge is 0.226 e. The lowest BCUT2D eigenvalue weighted by atomic mass is 10.3. The van der Waals surface area contributed by atoms with Gasteiger partial charge in [0.05, 0.1) is 12.7 Å². The second-order valence-electron chi connectivity index (χ2n) is 4.05. The Morgan fingerprint density at radius 1 is 1.61 bits per heavy atom. The Morgan fingerprint density at radius 2 is 2.28 bits per heavy atom. The van der Waals surface area contributed by atoms with Gasteiger partial charge in [-0.15, -0.1) is 0 Å². The first-order valence-corrected chi connectivity index (χ1v) is 5.88. The van der Waals surface area contributed by atoms with Crippen molar-refractivity contribution in [3.63, 3.8) is 0 Å². The van der Waals surface area contributed by atoms with Crippen molar-refractivity contribution in [3.05, 3.63) is 17.5 Å². The van der Waals surface area contributed by atoms with Crippen LogP contribution in [0.2, 0.25) is 0 Å². The highest BCUT2D eigenvalue weighted by Gasteiger charge is 2.12. The molecule has 7 heteroatoms. The maximum Gasteiger partial charge on any atom is 0.226 e. The van der Waals surface area contributed by atoms with Crippen LogP contribution in [-0.2, 0) is 4.74 Å². The molecule has 100 valence electrons. The van der Waals surface area contributed by atoms with Crippen molar-refractivity contribution in [1.29, 1.82) is 0 Å². The fourth-order valence-electron chi connectivity index (χ4n) is 1.49. The zero-order valence-corrected chi connectivity index (χ0v) is 11.6. The molecule has 6 nitrogen and oxygen atoms in total. The van der Waals surface area contributed by atoms with Gasteiger partial charge in [-0.05, 0) is 13.0 Å². The molecule has 1 unspecified atom stereocenters. The van der Waals surface area contributed by atoms with E-state index < -0.39 is 6.10 Å². The van der Waals surface area contributed by atoms with E-state index in [0.717, 1.165) is 5.69 Å². The number of thiocarbonyl (C=S) groups is 1. The summed E-state index contributed by atoms with van der Waals surface area (Å²) >= 11 is 4.90. The standard InChI is InChI=1S/C11H18N4O2S/c1-7-4-9(10(12)18)14-11(13-7)15(2)5-8(16)6-17-3/h4,8,16H,5-6H2,1-3H3,(H2,12,18). The minimum Gasteiger partial charge on any atom is -0.389 e. The highest BCUT2D eigenvalue weighted by molar-refractivity contribution is 7.80. The van der Waals surface area contributed by atoms with Gasteiger partial charge in [0.15, 0.2) is 0 Å². The number of rotatable bonds is 6. The molecule has 0 saturated heterocycles. The number of ether oxygens (including phenoxy) is 1. The van der Waals surface area contributed by atoms with Gasteiger partial charge in [-0.1, -0.05) is 12.2 Å². The van der Waals surface area contributed by atoms with E-state index >= 15 is 0 Å². The van der Waals surface area contributed by atoms with Crippen LogP contribution in [0.1, 0.15) is 11.4 Å². The molecule has 1 atom stereocenters. The third-order valence-corrected chi connectivity index (χ3v) is 2.49. The predicted molar refractivity (Wildman–Crippen MR) is 73.8 cm³/mol. The van der Waals surface area contributed by atoms with Gasteiger partial charge in [-0.3, -0.25) is 0 Å². The molecule has 0 amide bonds. The monoisotopic (exact) mass is 270 g/mol. The molecular weight excluding hydrogens is 252 g/mol. The minimum atomic E-state index is -0.600. The van der Waals surface area contributed by atoms with Gasteiger partial charge >= 0.3 is 0 Å². The molecule has 0 aliphatic rings. The van der Waals surface area contributed by atoms with Crippen molar-refractivity contribution >= 4 is 23.2 Å². The third-order valence-electron chi connectivity index (χ3n) is 2.28. The van der Waals surface area contributed by atoms with Gasteiger partial charge in [-0.2, -0.15) is 0 Å². The Bertz CT molecular complexity index is 428. The number of nitrogens with two attached hydrogens (primary N) is 1. The van der Waals surface area contributed by atoms with Crippen LogP contribution in [-0.4, -0.2) is 53.5 Å². The largest absolute Gasteiger partial charge is 0.389 e. The summed E-state index contributed by atoms with van der Waals surface area (Å²) in [6.45, 7) is 2.47. The van der Waals surface area contributed by atoms with Crippen LogP contribution in [0.4, 0.5) is 5.95 Å². The first-order chi connectivity index (χ1) is 8.43. The van der Waals surface area contributed by atoms with Crippen LogP contribution in [0.5, 0.6) is 0 Å². The summed E-state index contributed by atoms with van der Waals surface area (Å²) in [5, 5.41) is 9.66. The number of anilines is 1. The first-order valence-electron chi connectivity index (χ1n) is 5.47. The molecule has 0 fully saturated rings. The average Bonchev–Trinajstić information content (AvgIpc) is 2.28. The molecule has 1 aromatic rings. The lowest BCUT2D eigenvalue weighted by Gasteiger charge is -2.21. The summed E-state index contributed by atoms with van der Waals surface area (Å²) in [5.74, 6) is 0.480. The summed E-state index contributed by atoms with van der Waals surface area (Å²) in [4.78, 5) is 10.5. The highest BCUT2D eigenvalue weighted by atomic mass is 32.1. The van der Waals surface area contributed by atoms with Crippen molar-refractivity contribution in [3.8, 4) is 0 Å². The fourth-order valence-corrected chi connectivity index (χ4v) is 1.60. The average molecular weight is 270 g/mol. The lowest BCUT2D eigenvalue weighted by molar-refractivity contribution is 0.0693. The van der Waals surface area contributed by atoms with E-state index in [-0.39, 0.29) is 11.6 Å². The second-order valence-corrected chi connectivity index (χ2v) is 4.49. The predicted octanol–water partition coefficient (Wildman–Crippen LogP) is -0.137. The molecule has 0 bridgehead atoms. The summed E-state index contributed by atoms with van der Waals surface area (Å²) in [6, 6.07) is 1.73. The molecule has 0 aliphatic carbocycles.